The van der Waals surface area contributed by atoms with Crippen LogP contribution in [-0.2, 0) is 4.79 Å². The molecular weight excluding hydrogens is 242 g/mol. The number of aromatic amines is 1. The molecule has 0 saturated carbocycles. The fraction of sp³-hybridized carbons (Fsp3) is 0.444. The lowest BCUT2D eigenvalue weighted by molar-refractivity contribution is -0.120. The summed E-state index contributed by atoms with van der Waals surface area (Å²) in [4.78, 5) is 29.1. The van der Waals surface area contributed by atoms with Gasteiger partial charge in [0.1, 0.15) is 5.82 Å². The highest BCUT2D eigenvalue weighted by Gasteiger charge is 2.19. The Labute approximate surface area is 102 Å². The Morgan fingerprint density at radius 2 is 2.41 bits per heavy atom. The number of nitrogens with zero attached hydrogens (tertiary/aromatic N) is 1. The molecule has 6 N–H and O–H groups in total. The van der Waals surface area contributed by atoms with E-state index in [1.165, 1.54) is 6.07 Å². The van der Waals surface area contributed by atoms with E-state index in [2.05, 4.69) is 15.4 Å². The molecule has 0 spiro atoms. The van der Waals surface area contributed by atoms with Gasteiger partial charge in [0.25, 0.3) is 5.56 Å². The fourth-order valence-electron chi connectivity index (χ4n) is 1.24. The molecule has 0 saturated heterocycles. The molecular formula is C9H15N5O2S. The number of hydrazine groups is 1. The van der Waals surface area contributed by atoms with Gasteiger partial charge >= 0.3 is 0 Å². The maximum Gasteiger partial charge on any atom is 0.253 e. The van der Waals surface area contributed by atoms with Crippen LogP contribution < -0.4 is 22.6 Å². The van der Waals surface area contributed by atoms with Crippen LogP contribution in [0.1, 0.15) is 19.8 Å². The van der Waals surface area contributed by atoms with Crippen molar-refractivity contribution < 1.29 is 4.79 Å². The quantitative estimate of drug-likeness (QED) is 0.187. The van der Waals surface area contributed by atoms with Crippen LogP contribution in [0.3, 0.4) is 0 Å². The van der Waals surface area contributed by atoms with E-state index in [0.717, 1.165) is 18.2 Å². The van der Waals surface area contributed by atoms with Crippen molar-refractivity contribution in [2.75, 3.05) is 5.73 Å². The first-order chi connectivity index (χ1) is 8.06. The van der Waals surface area contributed by atoms with Crippen molar-refractivity contribution in [3.05, 3.63) is 16.4 Å². The number of aromatic nitrogens is 2. The van der Waals surface area contributed by atoms with Crippen LogP contribution in [0.5, 0.6) is 0 Å². The third-order valence-corrected chi connectivity index (χ3v) is 3.13. The minimum atomic E-state index is -0.394. The molecule has 0 aromatic carbocycles. The molecule has 1 atom stereocenters. The summed E-state index contributed by atoms with van der Waals surface area (Å²) < 4.78 is 0. The first-order valence-electron chi connectivity index (χ1n) is 5.10. The number of thioether (sulfide) groups is 1. The number of nitrogens with one attached hydrogen (secondary N) is 2. The first kappa shape index (κ1) is 13.5. The Hall–Kier alpha value is -1.54. The standard InChI is InChI=1S/C9H15N5O2S/c1-2-3-5(8(16)14-11)17-9-12-6(10)4-7(15)13-9/h4-5H,2-3,11H2,1H3,(H,14,16)(H3,10,12,13,15). The normalized spacial score (nSPS) is 12.1. The van der Waals surface area contributed by atoms with Gasteiger partial charge in [0.2, 0.25) is 5.91 Å². The number of hydrogen-bond donors (Lipinski definition) is 4. The molecule has 1 heterocycles. The van der Waals surface area contributed by atoms with Crippen LogP contribution in [0.2, 0.25) is 0 Å². The number of anilines is 1. The van der Waals surface area contributed by atoms with Gasteiger partial charge in [0.15, 0.2) is 5.16 Å². The van der Waals surface area contributed by atoms with Crippen LogP contribution in [0.15, 0.2) is 16.0 Å². The van der Waals surface area contributed by atoms with Crippen LogP contribution in [0, 0.1) is 0 Å². The summed E-state index contributed by atoms with van der Waals surface area (Å²) in [6.45, 7) is 1.95. The van der Waals surface area contributed by atoms with Gasteiger partial charge < -0.3 is 10.7 Å². The van der Waals surface area contributed by atoms with Gasteiger partial charge in [-0.1, -0.05) is 25.1 Å². The number of carbonyl (C=O) groups is 1. The second-order valence-corrected chi connectivity index (χ2v) is 4.57. The Morgan fingerprint density at radius 1 is 1.71 bits per heavy atom. The molecule has 17 heavy (non-hydrogen) atoms. The second-order valence-electron chi connectivity index (χ2n) is 3.38. The number of rotatable bonds is 5. The molecule has 1 aromatic heterocycles. The predicted molar refractivity (Wildman–Crippen MR) is 66.2 cm³/mol. The highest BCUT2D eigenvalue weighted by atomic mass is 32.2. The number of nitrogens with two attached hydrogens (primary N) is 2. The molecule has 94 valence electrons. The predicted octanol–water partition coefficient (Wildman–Crippen LogP) is -0.397. The highest BCUT2D eigenvalue weighted by molar-refractivity contribution is 8.00. The summed E-state index contributed by atoms with van der Waals surface area (Å²) in [6, 6.07) is 1.18. The molecule has 8 heteroatoms. The third-order valence-electron chi connectivity index (χ3n) is 1.98. The smallest absolute Gasteiger partial charge is 0.253 e. The number of carbonyl (C=O) groups excluding carboxylic acids is 1. The zero-order valence-electron chi connectivity index (χ0n) is 9.40. The summed E-state index contributed by atoms with van der Waals surface area (Å²) >= 11 is 1.14. The first-order valence-corrected chi connectivity index (χ1v) is 5.98. The minimum absolute atomic E-state index is 0.125. The molecule has 1 amide bonds. The number of H-pyrrole nitrogens is 1. The topological polar surface area (TPSA) is 127 Å². The average Bonchev–Trinajstić information content (AvgIpc) is 2.26. The third kappa shape index (κ3) is 4.08. The van der Waals surface area contributed by atoms with E-state index < -0.39 is 5.25 Å². The van der Waals surface area contributed by atoms with Gasteiger partial charge in [-0.15, -0.1) is 0 Å². The summed E-state index contributed by atoms with van der Waals surface area (Å²) in [5, 5.41) is -0.0769. The molecule has 1 rings (SSSR count). The van der Waals surface area contributed by atoms with E-state index in [1.807, 2.05) is 6.92 Å². The maximum absolute atomic E-state index is 11.5. The second kappa shape index (κ2) is 6.26. The van der Waals surface area contributed by atoms with Crippen LogP contribution in [-0.4, -0.2) is 21.1 Å². The van der Waals surface area contributed by atoms with E-state index in [9.17, 15) is 9.59 Å². The van der Waals surface area contributed by atoms with Gasteiger partial charge in [-0.25, -0.2) is 10.8 Å². The molecule has 0 radical (unpaired) electrons. The van der Waals surface area contributed by atoms with Gasteiger partial charge in [-0.05, 0) is 6.42 Å². The molecule has 0 aliphatic carbocycles. The van der Waals surface area contributed by atoms with E-state index in [0.29, 0.717) is 11.6 Å². The largest absolute Gasteiger partial charge is 0.383 e. The van der Waals surface area contributed by atoms with Crippen LogP contribution >= 0.6 is 11.8 Å². The Kier molecular flexibility index (Phi) is 4.98. The summed E-state index contributed by atoms with van der Waals surface area (Å²) in [6.07, 6.45) is 1.45. The lowest BCUT2D eigenvalue weighted by atomic mass is 10.2. The molecule has 0 aliphatic rings. The van der Waals surface area contributed by atoms with Gasteiger partial charge in [0.05, 0.1) is 5.25 Å². The van der Waals surface area contributed by atoms with Gasteiger partial charge in [-0.3, -0.25) is 15.0 Å². The van der Waals surface area contributed by atoms with E-state index in [1.54, 1.807) is 0 Å². The maximum atomic E-state index is 11.5. The van der Waals surface area contributed by atoms with Gasteiger partial charge in [0, 0.05) is 6.07 Å². The van der Waals surface area contributed by atoms with Crippen molar-refractivity contribution in [2.24, 2.45) is 5.84 Å². The Morgan fingerprint density at radius 3 is 2.94 bits per heavy atom. The molecule has 7 nitrogen and oxygen atoms in total. The van der Waals surface area contributed by atoms with Crippen molar-refractivity contribution in [1.82, 2.24) is 15.4 Å². The molecule has 1 unspecified atom stereocenters. The number of nitrogen functional groups attached to an aromatic ring is 1. The van der Waals surface area contributed by atoms with Crippen molar-refractivity contribution >= 4 is 23.5 Å². The Bertz CT molecular complexity index is 447. The Balaban J connectivity index is 2.85. The summed E-state index contributed by atoms with van der Waals surface area (Å²) in [7, 11) is 0. The lowest BCUT2D eigenvalue weighted by Crippen LogP contribution is -2.37. The molecule has 0 fully saturated rings. The zero-order valence-corrected chi connectivity index (χ0v) is 10.2. The molecule has 0 aliphatic heterocycles. The average molecular weight is 257 g/mol. The van der Waals surface area contributed by atoms with Crippen molar-refractivity contribution in [2.45, 2.75) is 30.2 Å². The van der Waals surface area contributed by atoms with Crippen LogP contribution in [0.25, 0.3) is 0 Å². The van der Waals surface area contributed by atoms with Crippen LogP contribution in [0.4, 0.5) is 5.82 Å². The zero-order chi connectivity index (χ0) is 12.8. The highest BCUT2D eigenvalue weighted by Crippen LogP contribution is 2.22. The monoisotopic (exact) mass is 257 g/mol. The number of hydrogen-bond acceptors (Lipinski definition) is 6. The van der Waals surface area contributed by atoms with Crippen molar-refractivity contribution in [1.29, 1.82) is 0 Å². The number of amides is 1. The minimum Gasteiger partial charge on any atom is -0.383 e. The summed E-state index contributed by atoms with van der Waals surface area (Å²) in [5.41, 5.74) is 7.19. The lowest BCUT2D eigenvalue weighted by Gasteiger charge is -2.12. The van der Waals surface area contributed by atoms with Gasteiger partial charge in [-0.2, -0.15) is 0 Å². The van der Waals surface area contributed by atoms with E-state index in [-0.39, 0.29) is 17.3 Å². The molecule has 0 bridgehead atoms. The van der Waals surface area contributed by atoms with E-state index in [4.69, 9.17) is 11.6 Å². The SMILES string of the molecule is CCCC(Sc1nc(N)cc(=O)[nH]1)C(=O)NN. The van der Waals surface area contributed by atoms with Crippen molar-refractivity contribution in [3.8, 4) is 0 Å². The summed E-state index contributed by atoms with van der Waals surface area (Å²) in [5.74, 6) is 4.91. The van der Waals surface area contributed by atoms with E-state index >= 15 is 0 Å². The van der Waals surface area contributed by atoms with Crippen molar-refractivity contribution in [3.63, 3.8) is 0 Å². The molecule has 1 aromatic rings. The fourth-order valence-corrected chi connectivity index (χ4v) is 2.36.